The van der Waals surface area contributed by atoms with Gasteiger partial charge in [0, 0.05) is 36.1 Å². The zero-order valence-corrected chi connectivity index (χ0v) is 15.8. The minimum atomic E-state index is -0.116. The highest BCUT2D eigenvalue weighted by Crippen LogP contribution is 2.27. The maximum absolute atomic E-state index is 12.6. The van der Waals surface area contributed by atoms with Crippen LogP contribution in [0.4, 0.5) is 0 Å². The van der Waals surface area contributed by atoms with Crippen LogP contribution in [0.5, 0.6) is 5.75 Å². The monoisotopic (exact) mass is 377 g/mol. The topological polar surface area (TPSA) is 72.5 Å². The average molecular weight is 377 g/mol. The Hall–Kier alpha value is -2.96. The highest BCUT2D eigenvalue weighted by molar-refractivity contribution is 5.95. The largest absolute Gasteiger partial charge is 0.494 e. The molecule has 1 aromatic heterocycles. The van der Waals surface area contributed by atoms with Crippen molar-refractivity contribution in [3.05, 3.63) is 60.2 Å². The molecule has 6 heteroatoms. The van der Waals surface area contributed by atoms with Crippen molar-refractivity contribution in [1.29, 1.82) is 0 Å². The molecule has 1 aliphatic rings. The van der Waals surface area contributed by atoms with E-state index in [9.17, 15) is 4.79 Å². The number of methoxy groups -OCH3 is 1. The second-order valence-electron chi connectivity index (χ2n) is 6.72. The van der Waals surface area contributed by atoms with Gasteiger partial charge in [0.2, 0.25) is 0 Å². The van der Waals surface area contributed by atoms with Crippen LogP contribution < -0.4 is 15.4 Å². The van der Waals surface area contributed by atoms with Crippen LogP contribution in [0.25, 0.3) is 22.2 Å². The van der Waals surface area contributed by atoms with Gasteiger partial charge in [0.05, 0.1) is 25.5 Å². The fraction of sp³-hybridized carbons (Fsp3) is 0.273. The minimum Gasteiger partial charge on any atom is -0.494 e. The third-order valence-corrected chi connectivity index (χ3v) is 4.82. The van der Waals surface area contributed by atoms with Gasteiger partial charge in [-0.25, -0.2) is 4.98 Å². The van der Waals surface area contributed by atoms with Crippen molar-refractivity contribution in [3.8, 4) is 17.0 Å². The Balaban J connectivity index is 1.54. The van der Waals surface area contributed by atoms with E-state index in [2.05, 4.69) is 10.6 Å². The van der Waals surface area contributed by atoms with Crippen LogP contribution in [-0.2, 0) is 4.74 Å². The number of para-hydroxylation sites is 1. The first kappa shape index (κ1) is 18.4. The Bertz CT molecular complexity index is 984. The molecule has 1 aliphatic heterocycles. The van der Waals surface area contributed by atoms with E-state index in [1.165, 1.54) is 0 Å². The predicted octanol–water partition coefficient (Wildman–Crippen LogP) is 2.63. The van der Waals surface area contributed by atoms with Crippen molar-refractivity contribution in [2.45, 2.75) is 6.10 Å². The molecule has 4 rings (SSSR count). The van der Waals surface area contributed by atoms with E-state index >= 15 is 0 Å². The molecule has 28 heavy (non-hydrogen) atoms. The summed E-state index contributed by atoms with van der Waals surface area (Å²) in [4.78, 5) is 17.3. The van der Waals surface area contributed by atoms with E-state index in [-0.39, 0.29) is 12.0 Å². The Kier molecular flexibility index (Phi) is 5.50. The zero-order valence-electron chi connectivity index (χ0n) is 15.8. The molecule has 0 saturated carbocycles. The maximum Gasteiger partial charge on any atom is 0.251 e. The molecule has 2 heterocycles. The maximum atomic E-state index is 12.6. The molecule has 6 nitrogen and oxygen atoms in total. The summed E-state index contributed by atoms with van der Waals surface area (Å²) >= 11 is 0. The number of morpholine rings is 1. The molecule has 0 spiro atoms. The van der Waals surface area contributed by atoms with E-state index < -0.39 is 0 Å². The first-order valence-electron chi connectivity index (χ1n) is 9.39. The van der Waals surface area contributed by atoms with Gasteiger partial charge in [0.15, 0.2) is 0 Å². The molecule has 1 atom stereocenters. The smallest absolute Gasteiger partial charge is 0.251 e. The van der Waals surface area contributed by atoms with Crippen molar-refractivity contribution in [2.75, 3.05) is 33.4 Å². The molecule has 2 aromatic carbocycles. The van der Waals surface area contributed by atoms with Gasteiger partial charge in [-0.05, 0) is 24.3 Å². The predicted molar refractivity (Wildman–Crippen MR) is 109 cm³/mol. The van der Waals surface area contributed by atoms with Gasteiger partial charge < -0.3 is 20.1 Å². The molecule has 0 bridgehead atoms. The number of carbonyl (C=O) groups excluding carboxylic acids is 1. The third-order valence-electron chi connectivity index (χ3n) is 4.82. The number of fused-ring (bicyclic) bond motifs is 1. The quantitative estimate of drug-likeness (QED) is 0.715. The van der Waals surface area contributed by atoms with Gasteiger partial charge in [-0.3, -0.25) is 4.79 Å². The number of nitrogens with one attached hydrogen (secondary N) is 2. The molecular weight excluding hydrogens is 354 g/mol. The normalized spacial score (nSPS) is 16.7. The number of hydrogen-bond acceptors (Lipinski definition) is 5. The molecule has 1 fully saturated rings. The van der Waals surface area contributed by atoms with Crippen LogP contribution in [0, 0.1) is 0 Å². The SMILES string of the molecule is COc1cccc2ccc(-c3cccc(C(=O)NCC4CNCCO4)c3)nc12. The lowest BCUT2D eigenvalue weighted by Gasteiger charge is -2.23. The lowest BCUT2D eigenvalue weighted by molar-refractivity contribution is 0.0287. The van der Waals surface area contributed by atoms with Crippen molar-refractivity contribution in [1.82, 2.24) is 15.6 Å². The average Bonchev–Trinajstić information content (AvgIpc) is 2.77. The Labute approximate surface area is 163 Å². The van der Waals surface area contributed by atoms with E-state index in [4.69, 9.17) is 14.5 Å². The fourth-order valence-corrected chi connectivity index (χ4v) is 3.32. The van der Waals surface area contributed by atoms with Gasteiger partial charge in [-0.15, -0.1) is 0 Å². The number of rotatable bonds is 5. The molecule has 0 radical (unpaired) electrons. The van der Waals surface area contributed by atoms with Gasteiger partial charge in [0.25, 0.3) is 5.91 Å². The molecule has 1 amide bonds. The minimum absolute atomic E-state index is 0.00972. The van der Waals surface area contributed by atoms with Crippen LogP contribution >= 0.6 is 0 Å². The van der Waals surface area contributed by atoms with Crippen molar-refractivity contribution in [3.63, 3.8) is 0 Å². The fourth-order valence-electron chi connectivity index (χ4n) is 3.32. The van der Waals surface area contributed by atoms with Gasteiger partial charge in [-0.1, -0.05) is 30.3 Å². The number of aromatic nitrogens is 1. The summed E-state index contributed by atoms with van der Waals surface area (Å²) in [5.41, 5.74) is 3.09. The molecule has 2 N–H and O–H groups in total. The van der Waals surface area contributed by atoms with Gasteiger partial charge in [0.1, 0.15) is 11.3 Å². The summed E-state index contributed by atoms with van der Waals surface area (Å²) in [5.74, 6) is 0.615. The summed E-state index contributed by atoms with van der Waals surface area (Å²) in [6.07, 6.45) is 0.00972. The van der Waals surface area contributed by atoms with Crippen molar-refractivity contribution in [2.24, 2.45) is 0 Å². The lowest BCUT2D eigenvalue weighted by atomic mass is 10.1. The Morgan fingerprint density at radius 2 is 2.14 bits per heavy atom. The van der Waals surface area contributed by atoms with Crippen LogP contribution in [0.2, 0.25) is 0 Å². The highest BCUT2D eigenvalue weighted by atomic mass is 16.5. The van der Waals surface area contributed by atoms with Gasteiger partial charge >= 0.3 is 0 Å². The first-order chi connectivity index (χ1) is 13.7. The highest BCUT2D eigenvalue weighted by Gasteiger charge is 2.15. The van der Waals surface area contributed by atoms with E-state index in [1.807, 2.05) is 48.5 Å². The third kappa shape index (κ3) is 3.98. The standard InChI is InChI=1S/C22H23N3O3/c1-27-20-7-3-4-15-8-9-19(25-21(15)20)16-5-2-6-17(12-16)22(26)24-14-18-13-23-10-11-28-18/h2-9,12,18,23H,10-11,13-14H2,1H3,(H,24,26). The molecule has 3 aromatic rings. The van der Waals surface area contributed by atoms with Crippen LogP contribution in [-0.4, -0.2) is 50.3 Å². The number of hydrogen-bond donors (Lipinski definition) is 2. The number of pyridine rings is 1. The summed E-state index contributed by atoms with van der Waals surface area (Å²) in [6.45, 7) is 2.77. The van der Waals surface area contributed by atoms with Crippen molar-refractivity contribution < 1.29 is 14.3 Å². The molecule has 144 valence electrons. The number of amides is 1. The lowest BCUT2D eigenvalue weighted by Crippen LogP contribution is -2.45. The second-order valence-corrected chi connectivity index (χ2v) is 6.72. The summed E-state index contributed by atoms with van der Waals surface area (Å²) in [6, 6.07) is 17.3. The number of nitrogens with zero attached hydrogens (tertiary/aromatic N) is 1. The number of benzene rings is 2. The second kappa shape index (κ2) is 8.37. The van der Waals surface area contributed by atoms with Crippen LogP contribution in [0.3, 0.4) is 0 Å². The van der Waals surface area contributed by atoms with E-state index in [0.717, 1.165) is 41.0 Å². The number of carbonyl (C=O) groups is 1. The zero-order chi connectivity index (χ0) is 19.3. The van der Waals surface area contributed by atoms with Crippen LogP contribution in [0.15, 0.2) is 54.6 Å². The Morgan fingerprint density at radius 1 is 1.25 bits per heavy atom. The molecule has 0 aliphatic carbocycles. The number of ether oxygens (including phenoxy) is 2. The van der Waals surface area contributed by atoms with E-state index in [0.29, 0.717) is 18.7 Å². The summed E-state index contributed by atoms with van der Waals surface area (Å²) < 4.78 is 11.0. The Morgan fingerprint density at radius 3 is 2.96 bits per heavy atom. The summed E-state index contributed by atoms with van der Waals surface area (Å²) in [5, 5.41) is 7.22. The molecule has 1 unspecified atom stereocenters. The molecular formula is C22H23N3O3. The van der Waals surface area contributed by atoms with Crippen molar-refractivity contribution >= 4 is 16.8 Å². The van der Waals surface area contributed by atoms with Crippen LogP contribution in [0.1, 0.15) is 10.4 Å². The van der Waals surface area contributed by atoms with Gasteiger partial charge in [-0.2, -0.15) is 0 Å². The summed E-state index contributed by atoms with van der Waals surface area (Å²) in [7, 11) is 1.64. The molecule has 1 saturated heterocycles. The first-order valence-corrected chi connectivity index (χ1v) is 9.39. The van der Waals surface area contributed by atoms with E-state index in [1.54, 1.807) is 13.2 Å².